The van der Waals surface area contributed by atoms with Crippen molar-refractivity contribution >= 4 is 39.8 Å². The Bertz CT molecular complexity index is 742. The Morgan fingerprint density at radius 3 is 2.42 bits per heavy atom. The Labute approximate surface area is 144 Å². The number of benzene rings is 1. The third kappa shape index (κ3) is 4.42. The molecule has 24 heavy (non-hydrogen) atoms. The van der Waals surface area contributed by atoms with Gasteiger partial charge in [0, 0.05) is 19.7 Å². The highest BCUT2D eigenvalue weighted by molar-refractivity contribution is 7.18. The Kier molecular flexibility index (Phi) is 5.70. The lowest BCUT2D eigenvalue weighted by atomic mass is 10.2. The fourth-order valence-electron chi connectivity index (χ4n) is 2.01. The van der Waals surface area contributed by atoms with E-state index < -0.39 is 12.1 Å². The summed E-state index contributed by atoms with van der Waals surface area (Å²) in [5, 5.41) is 3.14. The molecule has 2 amide bonds. The van der Waals surface area contributed by atoms with Gasteiger partial charge >= 0.3 is 5.97 Å². The van der Waals surface area contributed by atoms with Crippen molar-refractivity contribution in [2.45, 2.75) is 20.0 Å². The van der Waals surface area contributed by atoms with Crippen molar-refractivity contribution < 1.29 is 19.1 Å². The molecule has 0 aliphatic rings. The van der Waals surface area contributed by atoms with Crippen LogP contribution in [0.25, 0.3) is 0 Å². The topological polar surface area (TPSA) is 75.7 Å². The van der Waals surface area contributed by atoms with Crippen LogP contribution in [0.2, 0.25) is 0 Å². The summed E-state index contributed by atoms with van der Waals surface area (Å²) in [6.07, 6.45) is -0.922. The second kappa shape index (κ2) is 7.74. The molecule has 1 N–H and O–H groups in total. The molecule has 2 aromatic rings. The van der Waals surface area contributed by atoms with Gasteiger partial charge in [-0.3, -0.25) is 9.59 Å². The molecule has 1 heterocycles. The average molecular weight is 346 g/mol. The molecule has 1 aromatic carbocycles. The molecule has 1 atom stereocenters. The minimum Gasteiger partial charge on any atom is -0.448 e. The van der Waals surface area contributed by atoms with Gasteiger partial charge < -0.3 is 15.0 Å². The highest BCUT2D eigenvalue weighted by Gasteiger charge is 2.23. The molecular formula is C17H18N2O4S. The average Bonchev–Trinajstić information content (AvgIpc) is 3.02. The van der Waals surface area contributed by atoms with Crippen molar-refractivity contribution in [2.75, 3.05) is 17.3 Å². The van der Waals surface area contributed by atoms with Crippen LogP contribution in [0, 0.1) is 0 Å². The first kappa shape index (κ1) is 17.7. The van der Waals surface area contributed by atoms with Gasteiger partial charge in [-0.15, -0.1) is 11.3 Å². The minimum atomic E-state index is -0.922. The van der Waals surface area contributed by atoms with Crippen LogP contribution in [0.4, 0.5) is 10.7 Å². The van der Waals surface area contributed by atoms with Gasteiger partial charge in [-0.05, 0) is 31.2 Å². The van der Waals surface area contributed by atoms with Gasteiger partial charge in [0.25, 0.3) is 5.91 Å². The van der Waals surface area contributed by atoms with E-state index in [-0.39, 0.29) is 11.8 Å². The largest absolute Gasteiger partial charge is 0.448 e. The number of hydrogen-bond acceptors (Lipinski definition) is 5. The standard InChI is InChI=1S/C17H18N2O4S/c1-11(16(21)19(3)13-7-5-4-6-8-13)23-17(22)14-9-10-15(24-14)18-12(2)20/h4-11H,1-3H3,(H,18,20). The zero-order valence-electron chi connectivity index (χ0n) is 13.6. The second-order valence-corrected chi connectivity index (χ2v) is 6.21. The van der Waals surface area contributed by atoms with E-state index >= 15 is 0 Å². The second-order valence-electron chi connectivity index (χ2n) is 5.13. The van der Waals surface area contributed by atoms with Gasteiger partial charge in [0.05, 0.1) is 5.00 Å². The first-order valence-corrected chi connectivity index (χ1v) is 8.11. The Hall–Kier alpha value is -2.67. The van der Waals surface area contributed by atoms with Gasteiger partial charge in [-0.2, -0.15) is 0 Å². The molecule has 7 heteroatoms. The van der Waals surface area contributed by atoms with Gasteiger partial charge in [0.2, 0.25) is 5.91 Å². The van der Waals surface area contributed by atoms with Crippen molar-refractivity contribution in [3.8, 4) is 0 Å². The lowest BCUT2D eigenvalue weighted by Crippen LogP contribution is -2.37. The highest BCUT2D eigenvalue weighted by atomic mass is 32.1. The number of carbonyl (C=O) groups excluding carboxylic acids is 3. The summed E-state index contributed by atoms with van der Waals surface area (Å²) in [5.41, 5.74) is 0.717. The van der Waals surface area contributed by atoms with E-state index in [4.69, 9.17) is 4.74 Å². The SMILES string of the molecule is CC(=O)Nc1ccc(C(=O)OC(C)C(=O)N(C)c2ccccc2)s1. The van der Waals surface area contributed by atoms with Crippen LogP contribution in [-0.2, 0) is 14.3 Å². The summed E-state index contributed by atoms with van der Waals surface area (Å²) in [6.45, 7) is 2.92. The fraction of sp³-hybridized carbons (Fsp3) is 0.235. The van der Waals surface area contributed by atoms with Crippen LogP contribution in [-0.4, -0.2) is 30.9 Å². The van der Waals surface area contributed by atoms with E-state index in [1.807, 2.05) is 18.2 Å². The third-order valence-electron chi connectivity index (χ3n) is 3.21. The molecule has 0 saturated carbocycles. The van der Waals surface area contributed by atoms with Crippen LogP contribution in [0.15, 0.2) is 42.5 Å². The summed E-state index contributed by atoms with van der Waals surface area (Å²) in [6, 6.07) is 12.3. The molecule has 126 valence electrons. The van der Waals surface area contributed by atoms with Crippen LogP contribution < -0.4 is 10.2 Å². The van der Waals surface area contributed by atoms with Crippen molar-refractivity contribution in [3.63, 3.8) is 0 Å². The molecule has 0 aliphatic heterocycles. The maximum absolute atomic E-state index is 12.4. The van der Waals surface area contributed by atoms with E-state index in [2.05, 4.69) is 5.32 Å². The molecule has 2 rings (SSSR count). The molecule has 1 unspecified atom stereocenters. The smallest absolute Gasteiger partial charge is 0.349 e. The van der Waals surface area contributed by atoms with Gasteiger partial charge in [0.1, 0.15) is 4.88 Å². The summed E-state index contributed by atoms with van der Waals surface area (Å²) < 4.78 is 5.23. The van der Waals surface area contributed by atoms with Crippen LogP contribution in [0.3, 0.4) is 0 Å². The van der Waals surface area contributed by atoms with Crippen LogP contribution >= 0.6 is 11.3 Å². The lowest BCUT2D eigenvalue weighted by molar-refractivity contribution is -0.126. The maximum atomic E-state index is 12.4. The number of para-hydroxylation sites is 1. The number of nitrogens with zero attached hydrogens (tertiary/aromatic N) is 1. The van der Waals surface area contributed by atoms with E-state index in [1.165, 1.54) is 18.7 Å². The number of hydrogen-bond donors (Lipinski definition) is 1. The molecule has 0 aliphatic carbocycles. The van der Waals surface area contributed by atoms with E-state index in [1.54, 1.807) is 31.3 Å². The highest BCUT2D eigenvalue weighted by Crippen LogP contribution is 2.23. The predicted molar refractivity (Wildman–Crippen MR) is 93.4 cm³/mol. The quantitative estimate of drug-likeness (QED) is 0.845. The van der Waals surface area contributed by atoms with E-state index in [0.29, 0.717) is 9.88 Å². The van der Waals surface area contributed by atoms with Gasteiger partial charge in [-0.1, -0.05) is 18.2 Å². The zero-order valence-corrected chi connectivity index (χ0v) is 14.4. The molecule has 1 aromatic heterocycles. The number of amides is 2. The van der Waals surface area contributed by atoms with Crippen LogP contribution in [0.5, 0.6) is 0 Å². The third-order valence-corrected chi connectivity index (χ3v) is 4.19. The van der Waals surface area contributed by atoms with Crippen molar-refractivity contribution in [3.05, 3.63) is 47.3 Å². The van der Waals surface area contributed by atoms with E-state index in [0.717, 1.165) is 17.0 Å². The number of thiophene rings is 1. The number of anilines is 2. The number of esters is 1. The van der Waals surface area contributed by atoms with Gasteiger partial charge in [0.15, 0.2) is 6.10 Å². The summed E-state index contributed by atoms with van der Waals surface area (Å²) >= 11 is 1.10. The number of carbonyl (C=O) groups is 3. The first-order chi connectivity index (χ1) is 11.4. The number of nitrogens with one attached hydrogen (secondary N) is 1. The molecule has 6 nitrogen and oxygen atoms in total. The molecule has 0 radical (unpaired) electrons. The summed E-state index contributed by atoms with van der Waals surface area (Å²) in [7, 11) is 1.63. The summed E-state index contributed by atoms with van der Waals surface area (Å²) in [4.78, 5) is 37.2. The lowest BCUT2D eigenvalue weighted by Gasteiger charge is -2.21. The molecule has 0 fully saturated rings. The van der Waals surface area contributed by atoms with Gasteiger partial charge in [-0.25, -0.2) is 4.79 Å². The monoisotopic (exact) mass is 346 g/mol. The summed E-state index contributed by atoms with van der Waals surface area (Å²) in [5.74, 6) is -1.14. The molecule has 0 spiro atoms. The predicted octanol–water partition coefficient (Wildman–Crippen LogP) is 2.91. The normalized spacial score (nSPS) is 11.5. The number of ether oxygens (including phenoxy) is 1. The number of likely N-dealkylation sites (N-methyl/N-ethyl adjacent to an activating group) is 1. The molecular weight excluding hydrogens is 328 g/mol. The maximum Gasteiger partial charge on any atom is 0.349 e. The Balaban J connectivity index is 1.99. The molecule has 0 saturated heterocycles. The fourth-order valence-corrected chi connectivity index (χ4v) is 2.84. The van der Waals surface area contributed by atoms with Crippen molar-refractivity contribution in [1.29, 1.82) is 0 Å². The van der Waals surface area contributed by atoms with Crippen molar-refractivity contribution in [1.82, 2.24) is 0 Å². The van der Waals surface area contributed by atoms with Crippen LogP contribution in [0.1, 0.15) is 23.5 Å². The first-order valence-electron chi connectivity index (χ1n) is 7.29. The van der Waals surface area contributed by atoms with E-state index in [9.17, 15) is 14.4 Å². The zero-order chi connectivity index (χ0) is 17.7. The Morgan fingerprint density at radius 2 is 1.79 bits per heavy atom. The molecule has 0 bridgehead atoms. The van der Waals surface area contributed by atoms with Crippen molar-refractivity contribution in [2.24, 2.45) is 0 Å². The minimum absolute atomic E-state index is 0.218. The number of rotatable bonds is 5. The Morgan fingerprint density at radius 1 is 1.12 bits per heavy atom.